The summed E-state index contributed by atoms with van der Waals surface area (Å²) in [6.07, 6.45) is 23.3. The molecule has 0 aliphatic heterocycles. The van der Waals surface area contributed by atoms with E-state index in [0.717, 1.165) is 56.3 Å². The Morgan fingerprint density at radius 3 is 1.09 bits per heavy atom. The number of aryl methyl sites for hydroxylation is 1. The van der Waals surface area contributed by atoms with Gasteiger partial charge in [0.05, 0.1) is 24.2 Å². The summed E-state index contributed by atoms with van der Waals surface area (Å²) in [4.78, 5) is 26.9. The molecule has 0 atom stereocenters. The standard InChI is InChI=1S/C27H24NSSi.C26H30NSi.C25H28NSi.3C11H8N.3Ir/c1-18-15-25(28-17-24(18)19-9-12-21(13-10-19)30(2,3)4)20-11-14-27-23(16-20)22-7-5-6-8-26(22)29-27;1-28(2,3)23-16-14-21(15-17-23)25-19-27-26(22-12-8-5-9-13-22)18-24(25)20-10-6-4-7-11-20;1-27(2,3)22-15-13-20(14-16-22)24-18-26-25(21-11-5-4-6-12-21)17-23(24)19-9-7-8-10-19;3*1-2-6-10(7-3-1)11-8-4-5-9-12-11;;;/h5-10,12-17H,1-4H3;5,8-9,12,14-20H,4,6-7,10-11H2,1-3H3;4-6,11,13-19H,7-10H2,1-3H3;3*1-6,8-9H;;;/q6*-1;;;/i;;;1D,2D,3D,6D;;;;;. The Hall–Kier alpha value is -10.1. The van der Waals surface area contributed by atoms with Crippen LogP contribution in [0, 0.1) is 43.3 Å². The molecule has 0 bridgehead atoms. The fourth-order valence-corrected chi connectivity index (χ4v) is 20.0. The van der Waals surface area contributed by atoms with Gasteiger partial charge >= 0.3 is 0 Å². The Kier molecular flexibility index (Phi) is 32.7. The molecule has 6 nitrogen and oxygen atoms in total. The Bertz CT molecular complexity index is 6220. The Labute approximate surface area is 789 Å². The molecule has 0 unspecified atom stereocenters. The van der Waals surface area contributed by atoms with Crippen molar-refractivity contribution in [2.24, 2.45) is 0 Å². The topological polar surface area (TPSA) is 77.3 Å². The van der Waals surface area contributed by atoms with Crippen LogP contribution in [0.15, 0.2) is 340 Å². The van der Waals surface area contributed by atoms with Gasteiger partial charge in [0.1, 0.15) is 0 Å². The van der Waals surface area contributed by atoms with Crippen molar-refractivity contribution >= 4 is 71.3 Å². The molecule has 7 aromatic heterocycles. The Morgan fingerprint density at radius 2 is 0.694 bits per heavy atom. The summed E-state index contributed by atoms with van der Waals surface area (Å²) in [5.74, 6) is 1.30. The number of nitrogens with zero attached hydrogens (tertiary/aromatic N) is 6. The van der Waals surface area contributed by atoms with E-state index in [1.165, 1.54) is 144 Å². The number of rotatable bonds is 14. The summed E-state index contributed by atoms with van der Waals surface area (Å²) in [5.41, 5.74) is 22.9. The van der Waals surface area contributed by atoms with Crippen LogP contribution in [0.5, 0.6) is 0 Å². The van der Waals surface area contributed by atoms with E-state index in [1.54, 1.807) is 36.8 Å². The zero-order chi connectivity index (χ0) is 87.5. The zero-order valence-electron chi connectivity index (χ0n) is 76.1. The summed E-state index contributed by atoms with van der Waals surface area (Å²) < 4.78 is 32.7. The maximum absolute atomic E-state index is 7.71. The van der Waals surface area contributed by atoms with Crippen LogP contribution in [0.25, 0.3) is 121 Å². The average molecular weight is 2220 g/mol. The molecule has 17 aromatic rings. The monoisotopic (exact) mass is 2220 g/mol. The number of benzene rings is 10. The summed E-state index contributed by atoms with van der Waals surface area (Å²) in [6.45, 7) is 23.7. The van der Waals surface area contributed by atoms with Gasteiger partial charge < -0.3 is 29.9 Å². The van der Waals surface area contributed by atoms with Crippen molar-refractivity contribution in [2.75, 3.05) is 0 Å². The maximum atomic E-state index is 7.71. The first-order chi connectivity index (χ1) is 60.5. The van der Waals surface area contributed by atoms with E-state index in [4.69, 9.17) is 20.4 Å². The number of thiophene rings is 1. The summed E-state index contributed by atoms with van der Waals surface area (Å²) in [7, 11) is -3.82. The van der Waals surface area contributed by atoms with Crippen LogP contribution in [-0.2, 0) is 60.3 Å². The van der Waals surface area contributed by atoms with Crippen LogP contribution in [0.3, 0.4) is 0 Å². The largest absolute Gasteiger partial charge is 0.305 e. The predicted octanol–water partition coefficient (Wildman–Crippen LogP) is 28.3. The van der Waals surface area contributed by atoms with Gasteiger partial charge in [-0.3, -0.25) is 0 Å². The number of pyridine rings is 6. The molecule has 0 amide bonds. The van der Waals surface area contributed by atoms with Gasteiger partial charge in [0.15, 0.2) is 0 Å². The molecule has 2 saturated carbocycles. The van der Waals surface area contributed by atoms with Gasteiger partial charge in [0.2, 0.25) is 0 Å². The minimum atomic E-state index is -1.28. The van der Waals surface area contributed by atoms with Crippen LogP contribution in [-0.4, -0.2) is 54.1 Å². The van der Waals surface area contributed by atoms with E-state index in [1.807, 2.05) is 127 Å². The number of hydrogen-bond donors (Lipinski definition) is 0. The Morgan fingerprint density at radius 1 is 0.323 bits per heavy atom. The minimum absolute atomic E-state index is 0. The molecule has 0 N–H and O–H groups in total. The molecule has 2 aliphatic rings. The average Bonchev–Trinajstić information content (AvgIpc) is 1.63. The van der Waals surface area contributed by atoms with Gasteiger partial charge in [0, 0.05) is 122 Å². The van der Waals surface area contributed by atoms with Crippen LogP contribution in [0.1, 0.15) is 91.8 Å². The smallest absolute Gasteiger partial charge is 0.0775 e. The predicted molar refractivity (Wildman–Crippen MR) is 521 cm³/mol. The summed E-state index contributed by atoms with van der Waals surface area (Å²) >= 11 is 1.82. The van der Waals surface area contributed by atoms with Crippen LogP contribution in [0.2, 0.25) is 58.9 Å². The van der Waals surface area contributed by atoms with Crippen LogP contribution >= 0.6 is 11.3 Å². The maximum Gasteiger partial charge on any atom is 0.0775 e. The van der Waals surface area contributed by atoms with Crippen molar-refractivity contribution in [3.05, 3.63) is 393 Å². The first-order valence-electron chi connectivity index (χ1n) is 44.2. The fourth-order valence-electron chi connectivity index (χ4n) is 15.5. The van der Waals surface area contributed by atoms with Crippen molar-refractivity contribution < 1.29 is 65.8 Å². The fraction of sp³-hybridized carbons (Fsp3) is 0.189. The second-order valence-corrected chi connectivity index (χ2v) is 50.3. The van der Waals surface area contributed by atoms with E-state index in [-0.39, 0.29) is 84.5 Å². The third kappa shape index (κ3) is 25.6. The molecule has 19 rings (SSSR count). The molecule has 2 aliphatic carbocycles. The second-order valence-electron chi connectivity index (χ2n) is 34.0. The SMILES string of the molecule is C[Si](C)(C)c1ccc(-c2cnc(-c3[c-]cccc3)cc2C2CCCC2)cc1.C[Si](C)(C)c1ccc(-c2cnc(-c3[c-]cccc3)cc2C2CCCCC2)cc1.Cc1cc(-c2[c-]cc3sc4ccccc4c3c2)ncc1-c1ccc([Si](C)(C)C)cc1.[2H]c1[c-]c(-c2ccccn2)c([2H])c([2H])c1[2H].[Ir].[Ir].[Ir].[c-]1ccccc1-c1ccccn1.[c-]1ccccc1-c1ccccn1. The van der Waals surface area contributed by atoms with Crippen molar-refractivity contribution in [2.45, 2.75) is 135 Å². The molecule has 3 radical (unpaired) electrons. The third-order valence-corrected chi connectivity index (χ3v) is 29.6. The molecule has 631 valence electrons. The van der Waals surface area contributed by atoms with E-state index >= 15 is 0 Å². The van der Waals surface area contributed by atoms with Crippen LogP contribution in [0.4, 0.5) is 0 Å². The minimum Gasteiger partial charge on any atom is -0.305 e. The van der Waals surface area contributed by atoms with Crippen molar-refractivity contribution in [1.82, 2.24) is 29.9 Å². The van der Waals surface area contributed by atoms with Gasteiger partial charge in [0.25, 0.3) is 0 Å². The molecular weight excluding hydrogens is 2110 g/mol. The molecule has 124 heavy (non-hydrogen) atoms. The number of aromatic nitrogens is 6. The van der Waals surface area contributed by atoms with E-state index in [9.17, 15) is 0 Å². The first kappa shape index (κ1) is 88.8. The van der Waals surface area contributed by atoms with Gasteiger partial charge in [-0.05, 0) is 149 Å². The zero-order valence-corrected chi connectivity index (χ0v) is 83.1. The van der Waals surface area contributed by atoms with E-state index < -0.39 is 24.2 Å². The van der Waals surface area contributed by atoms with E-state index in [2.05, 4.69) is 281 Å². The van der Waals surface area contributed by atoms with Crippen molar-refractivity contribution in [3.63, 3.8) is 0 Å². The van der Waals surface area contributed by atoms with Gasteiger partial charge in [-0.2, -0.15) is 11.3 Å². The first-order valence-corrected chi connectivity index (χ1v) is 53.5. The van der Waals surface area contributed by atoms with Crippen molar-refractivity contribution in [3.8, 4) is 101 Å². The number of hydrogen-bond acceptors (Lipinski definition) is 7. The summed E-state index contributed by atoms with van der Waals surface area (Å²) in [6, 6.07) is 114. The van der Waals surface area contributed by atoms with E-state index in [0.29, 0.717) is 23.1 Å². The number of fused-ring (bicyclic) bond motifs is 3. The molecular formula is C111H106Ir3N6SSi3-6. The van der Waals surface area contributed by atoms with Gasteiger partial charge in [-0.1, -0.05) is 258 Å². The summed E-state index contributed by atoms with van der Waals surface area (Å²) in [5, 5.41) is 7.11. The second kappa shape index (κ2) is 45.7. The normalized spacial score (nSPS) is 13.0. The third-order valence-electron chi connectivity index (χ3n) is 22.3. The molecule has 13 heteroatoms. The molecule has 0 spiro atoms. The van der Waals surface area contributed by atoms with Crippen LogP contribution < -0.4 is 15.6 Å². The molecule has 0 saturated heterocycles. The molecule has 2 fully saturated rings. The Balaban J connectivity index is 0.000000153. The molecule has 10 aromatic carbocycles. The quantitative estimate of drug-likeness (QED) is 0.0797. The molecule has 7 heterocycles. The van der Waals surface area contributed by atoms with Gasteiger partial charge in [-0.15, -0.1) is 203 Å². The van der Waals surface area contributed by atoms with Crippen molar-refractivity contribution in [1.29, 1.82) is 0 Å². The van der Waals surface area contributed by atoms with Gasteiger partial charge in [-0.25, -0.2) is 0 Å².